The van der Waals surface area contributed by atoms with Crippen LogP contribution in [0.1, 0.15) is 0 Å². The molecule has 17 heavy (non-hydrogen) atoms. The van der Waals surface area contributed by atoms with Gasteiger partial charge in [0, 0.05) is 13.1 Å². The Morgan fingerprint density at radius 1 is 1.47 bits per heavy atom. The van der Waals surface area contributed by atoms with Gasteiger partial charge in [-0.05, 0) is 0 Å². The Hall–Kier alpha value is -2.00. The van der Waals surface area contributed by atoms with E-state index in [9.17, 15) is 10.1 Å². The molecule has 9 heteroatoms. The first kappa shape index (κ1) is 11.5. The average molecular weight is 240 g/mol. The molecule has 0 aromatic carbocycles. The van der Waals surface area contributed by atoms with Gasteiger partial charge < -0.3 is 15.1 Å². The third kappa shape index (κ3) is 2.24. The number of nitrogens with one attached hydrogen (secondary N) is 1. The van der Waals surface area contributed by atoms with Gasteiger partial charge in [-0.2, -0.15) is 0 Å². The lowest BCUT2D eigenvalue weighted by molar-refractivity contribution is -0.383. The Kier molecular flexibility index (Phi) is 3.30. The molecule has 3 N–H and O–H groups in total. The van der Waals surface area contributed by atoms with E-state index >= 15 is 0 Å². The Morgan fingerprint density at radius 3 is 2.76 bits per heavy atom. The van der Waals surface area contributed by atoms with Crippen LogP contribution in [-0.2, 0) is 4.74 Å². The molecule has 0 saturated carbocycles. The Morgan fingerprint density at radius 2 is 2.18 bits per heavy atom. The maximum Gasteiger partial charge on any atom is 0.354 e. The van der Waals surface area contributed by atoms with E-state index < -0.39 is 4.92 Å². The van der Waals surface area contributed by atoms with Crippen molar-refractivity contribution < 1.29 is 9.66 Å². The molecule has 1 aromatic rings. The van der Waals surface area contributed by atoms with E-state index in [2.05, 4.69) is 15.4 Å². The number of nitrogen functional groups attached to an aromatic ring is 1. The van der Waals surface area contributed by atoms with Crippen LogP contribution < -0.4 is 16.2 Å². The summed E-state index contributed by atoms with van der Waals surface area (Å²) in [4.78, 5) is 19.9. The van der Waals surface area contributed by atoms with Gasteiger partial charge in [-0.1, -0.05) is 0 Å². The molecule has 2 heterocycles. The lowest BCUT2D eigenvalue weighted by Gasteiger charge is -2.27. The Labute approximate surface area is 96.7 Å². The van der Waals surface area contributed by atoms with Crippen LogP contribution >= 0.6 is 0 Å². The summed E-state index contributed by atoms with van der Waals surface area (Å²) in [7, 11) is 0. The SMILES string of the molecule is NNc1ncnc(N2CCOCC2)c1[N+](=O)[O-]. The quantitative estimate of drug-likeness (QED) is 0.412. The van der Waals surface area contributed by atoms with Crippen molar-refractivity contribution in [1.29, 1.82) is 0 Å². The highest BCUT2D eigenvalue weighted by molar-refractivity contribution is 5.69. The van der Waals surface area contributed by atoms with Gasteiger partial charge in [-0.25, -0.2) is 15.8 Å². The van der Waals surface area contributed by atoms with Gasteiger partial charge in [0.15, 0.2) is 0 Å². The molecule has 0 spiro atoms. The van der Waals surface area contributed by atoms with Crippen molar-refractivity contribution in [3.8, 4) is 0 Å². The molecular formula is C8H12N6O3. The molecule has 0 atom stereocenters. The van der Waals surface area contributed by atoms with E-state index in [1.54, 1.807) is 4.90 Å². The minimum atomic E-state index is -0.542. The molecule has 0 bridgehead atoms. The molecule has 1 fully saturated rings. The highest BCUT2D eigenvalue weighted by Gasteiger charge is 2.27. The van der Waals surface area contributed by atoms with Gasteiger partial charge >= 0.3 is 5.69 Å². The lowest BCUT2D eigenvalue weighted by atomic mass is 10.3. The number of morpholine rings is 1. The number of nitrogens with zero attached hydrogens (tertiary/aromatic N) is 4. The molecule has 1 aliphatic rings. The third-order valence-corrected chi connectivity index (χ3v) is 2.43. The van der Waals surface area contributed by atoms with Crippen LogP contribution in [0.25, 0.3) is 0 Å². The zero-order chi connectivity index (χ0) is 12.3. The Bertz CT molecular complexity index is 420. The van der Waals surface area contributed by atoms with Crippen molar-refractivity contribution in [1.82, 2.24) is 9.97 Å². The lowest BCUT2D eigenvalue weighted by Crippen LogP contribution is -2.37. The van der Waals surface area contributed by atoms with Gasteiger partial charge in [-0.15, -0.1) is 0 Å². The maximum atomic E-state index is 11.0. The number of hydrazine groups is 1. The van der Waals surface area contributed by atoms with Crippen LogP contribution in [0.4, 0.5) is 17.3 Å². The van der Waals surface area contributed by atoms with E-state index in [0.717, 1.165) is 0 Å². The zero-order valence-electron chi connectivity index (χ0n) is 9.00. The summed E-state index contributed by atoms with van der Waals surface area (Å²) < 4.78 is 5.18. The first-order chi connectivity index (χ1) is 8.24. The van der Waals surface area contributed by atoms with Crippen molar-refractivity contribution in [2.24, 2.45) is 5.84 Å². The van der Waals surface area contributed by atoms with Crippen LogP contribution in [0.3, 0.4) is 0 Å². The van der Waals surface area contributed by atoms with Crippen molar-refractivity contribution >= 4 is 17.3 Å². The average Bonchev–Trinajstić information content (AvgIpc) is 2.38. The van der Waals surface area contributed by atoms with Crippen molar-refractivity contribution in [2.75, 3.05) is 36.6 Å². The predicted molar refractivity (Wildman–Crippen MR) is 59.5 cm³/mol. The molecule has 9 nitrogen and oxygen atoms in total. The van der Waals surface area contributed by atoms with Gasteiger partial charge in [-0.3, -0.25) is 10.1 Å². The summed E-state index contributed by atoms with van der Waals surface area (Å²) in [6, 6.07) is 0. The monoisotopic (exact) mass is 240 g/mol. The van der Waals surface area contributed by atoms with E-state index in [0.29, 0.717) is 26.3 Å². The summed E-state index contributed by atoms with van der Waals surface area (Å²) in [6.07, 6.45) is 1.24. The fourth-order valence-corrected chi connectivity index (χ4v) is 1.65. The van der Waals surface area contributed by atoms with Crippen LogP contribution in [0.2, 0.25) is 0 Å². The number of aromatic nitrogens is 2. The van der Waals surface area contributed by atoms with E-state index in [1.807, 2.05) is 0 Å². The molecule has 1 aromatic heterocycles. The number of ether oxygens (including phenoxy) is 1. The fraction of sp³-hybridized carbons (Fsp3) is 0.500. The number of rotatable bonds is 3. The number of hydrogen-bond acceptors (Lipinski definition) is 8. The number of anilines is 2. The first-order valence-electron chi connectivity index (χ1n) is 5.02. The van der Waals surface area contributed by atoms with Crippen LogP contribution in [0.15, 0.2) is 6.33 Å². The number of nitro groups is 1. The third-order valence-electron chi connectivity index (χ3n) is 2.43. The summed E-state index contributed by atoms with van der Waals surface area (Å²) in [6.45, 7) is 2.16. The minimum absolute atomic E-state index is 0.00601. The smallest absolute Gasteiger partial charge is 0.354 e. The summed E-state index contributed by atoms with van der Waals surface area (Å²) >= 11 is 0. The molecule has 1 aliphatic heterocycles. The number of hydrogen-bond donors (Lipinski definition) is 2. The van der Waals surface area contributed by atoms with E-state index in [-0.39, 0.29) is 17.3 Å². The summed E-state index contributed by atoms with van der Waals surface area (Å²) in [5.74, 6) is 5.47. The first-order valence-corrected chi connectivity index (χ1v) is 5.02. The van der Waals surface area contributed by atoms with Crippen molar-refractivity contribution in [3.63, 3.8) is 0 Å². The summed E-state index contributed by atoms with van der Waals surface area (Å²) in [5, 5.41) is 11.0. The second kappa shape index (κ2) is 4.89. The Balaban J connectivity index is 2.40. The second-order valence-corrected chi connectivity index (χ2v) is 3.40. The van der Waals surface area contributed by atoms with Gasteiger partial charge in [0.1, 0.15) is 6.33 Å². The largest absolute Gasteiger partial charge is 0.378 e. The van der Waals surface area contributed by atoms with Gasteiger partial charge in [0.05, 0.1) is 18.1 Å². The molecule has 0 aliphatic carbocycles. The molecule has 92 valence electrons. The van der Waals surface area contributed by atoms with Gasteiger partial charge in [0.25, 0.3) is 0 Å². The summed E-state index contributed by atoms with van der Waals surface area (Å²) in [5.41, 5.74) is 1.99. The van der Waals surface area contributed by atoms with Crippen molar-refractivity contribution in [2.45, 2.75) is 0 Å². The van der Waals surface area contributed by atoms with E-state index in [4.69, 9.17) is 10.6 Å². The highest BCUT2D eigenvalue weighted by Crippen LogP contribution is 2.31. The molecule has 2 rings (SSSR count). The van der Waals surface area contributed by atoms with Crippen LogP contribution in [0.5, 0.6) is 0 Å². The predicted octanol–water partition coefficient (Wildman–Crippen LogP) is -0.493. The molecule has 0 radical (unpaired) electrons. The number of nitrogens with two attached hydrogens (primary N) is 1. The second-order valence-electron chi connectivity index (χ2n) is 3.40. The molecule has 0 amide bonds. The topological polar surface area (TPSA) is 119 Å². The van der Waals surface area contributed by atoms with Crippen molar-refractivity contribution in [3.05, 3.63) is 16.4 Å². The fourth-order valence-electron chi connectivity index (χ4n) is 1.65. The van der Waals surface area contributed by atoms with Crippen LogP contribution in [-0.4, -0.2) is 41.2 Å². The standard InChI is InChI=1S/C8H12N6O3/c9-12-7-6(14(15)16)8(11-5-10-7)13-1-3-17-4-2-13/h5H,1-4,9H2,(H,10,11,12). The highest BCUT2D eigenvalue weighted by atomic mass is 16.6. The molecular weight excluding hydrogens is 228 g/mol. The van der Waals surface area contributed by atoms with Gasteiger partial charge in [0.2, 0.25) is 11.6 Å². The minimum Gasteiger partial charge on any atom is -0.378 e. The van der Waals surface area contributed by atoms with Crippen LogP contribution in [0, 0.1) is 10.1 Å². The molecule has 0 unspecified atom stereocenters. The van der Waals surface area contributed by atoms with E-state index in [1.165, 1.54) is 6.33 Å². The maximum absolute atomic E-state index is 11.0. The zero-order valence-corrected chi connectivity index (χ0v) is 9.00. The molecule has 1 saturated heterocycles. The normalized spacial score (nSPS) is 15.7.